The Balaban J connectivity index is 1.54. The fourth-order valence-corrected chi connectivity index (χ4v) is 3.44. The van der Waals surface area contributed by atoms with E-state index >= 15 is 0 Å². The topological polar surface area (TPSA) is 62.2 Å². The summed E-state index contributed by atoms with van der Waals surface area (Å²) < 4.78 is 10.5. The summed E-state index contributed by atoms with van der Waals surface area (Å²) in [4.78, 5) is 16.5. The summed E-state index contributed by atoms with van der Waals surface area (Å²) in [5, 5.41) is 10.8. The number of ether oxygens (including phenoxy) is 2. The van der Waals surface area contributed by atoms with E-state index in [1.807, 2.05) is 24.3 Å². The van der Waals surface area contributed by atoms with Gasteiger partial charge in [0.05, 0.1) is 38.9 Å². The minimum absolute atomic E-state index is 0.0566. The quantitative estimate of drug-likeness (QED) is 0.851. The lowest BCUT2D eigenvalue weighted by molar-refractivity contribution is -0.130. The monoisotopic (exact) mass is 334 g/mol. The molecule has 6 heteroatoms. The van der Waals surface area contributed by atoms with Gasteiger partial charge in [0, 0.05) is 26.2 Å². The van der Waals surface area contributed by atoms with Gasteiger partial charge in [0.25, 0.3) is 0 Å². The highest BCUT2D eigenvalue weighted by molar-refractivity contribution is 5.79. The SMILES string of the molecule is COc1cccc(CC(=O)N2CC[C@@](O)(CN3CCOCC3)C2)c1. The average molecular weight is 334 g/mol. The minimum Gasteiger partial charge on any atom is -0.497 e. The number of nitrogens with zero attached hydrogens (tertiary/aromatic N) is 2. The van der Waals surface area contributed by atoms with Crippen LogP contribution in [0.4, 0.5) is 0 Å². The van der Waals surface area contributed by atoms with Crippen LogP contribution in [0.1, 0.15) is 12.0 Å². The van der Waals surface area contributed by atoms with Gasteiger partial charge < -0.3 is 19.5 Å². The lowest BCUT2D eigenvalue weighted by Crippen LogP contribution is -2.49. The van der Waals surface area contributed by atoms with Crippen LogP contribution in [-0.4, -0.2) is 79.5 Å². The second-order valence-corrected chi connectivity index (χ2v) is 6.71. The number of hydrogen-bond acceptors (Lipinski definition) is 5. The molecule has 24 heavy (non-hydrogen) atoms. The van der Waals surface area contributed by atoms with Gasteiger partial charge >= 0.3 is 0 Å². The maximum Gasteiger partial charge on any atom is 0.227 e. The van der Waals surface area contributed by atoms with E-state index in [1.54, 1.807) is 12.0 Å². The van der Waals surface area contributed by atoms with Crippen LogP contribution in [0.3, 0.4) is 0 Å². The molecule has 2 saturated heterocycles. The van der Waals surface area contributed by atoms with Gasteiger partial charge in [0.1, 0.15) is 5.75 Å². The van der Waals surface area contributed by atoms with Crippen molar-refractivity contribution >= 4 is 5.91 Å². The van der Waals surface area contributed by atoms with E-state index in [4.69, 9.17) is 9.47 Å². The van der Waals surface area contributed by atoms with E-state index in [0.717, 1.165) is 24.4 Å². The third-order valence-electron chi connectivity index (χ3n) is 4.80. The predicted octanol–water partition coefficient (Wildman–Crippen LogP) is 0.533. The third-order valence-corrected chi connectivity index (χ3v) is 4.80. The van der Waals surface area contributed by atoms with Crippen LogP contribution in [0.25, 0.3) is 0 Å². The van der Waals surface area contributed by atoms with Crippen molar-refractivity contribution in [2.24, 2.45) is 0 Å². The van der Waals surface area contributed by atoms with E-state index in [-0.39, 0.29) is 5.91 Å². The lowest BCUT2D eigenvalue weighted by Gasteiger charge is -2.33. The summed E-state index contributed by atoms with van der Waals surface area (Å²) in [7, 11) is 1.62. The van der Waals surface area contributed by atoms with Gasteiger partial charge in [0.2, 0.25) is 5.91 Å². The molecule has 0 spiro atoms. The summed E-state index contributed by atoms with van der Waals surface area (Å²) in [6, 6.07) is 7.56. The zero-order valence-corrected chi connectivity index (χ0v) is 14.2. The number of likely N-dealkylation sites (tertiary alicyclic amines) is 1. The fraction of sp³-hybridized carbons (Fsp3) is 0.611. The largest absolute Gasteiger partial charge is 0.497 e. The zero-order chi connectivity index (χ0) is 17.0. The van der Waals surface area contributed by atoms with Crippen LogP contribution in [0.15, 0.2) is 24.3 Å². The van der Waals surface area contributed by atoms with Crippen molar-refractivity contribution in [3.05, 3.63) is 29.8 Å². The zero-order valence-electron chi connectivity index (χ0n) is 14.2. The molecular weight excluding hydrogens is 308 g/mol. The van der Waals surface area contributed by atoms with E-state index in [1.165, 1.54) is 0 Å². The molecule has 0 aliphatic carbocycles. The van der Waals surface area contributed by atoms with E-state index in [9.17, 15) is 9.90 Å². The van der Waals surface area contributed by atoms with Gasteiger partial charge in [-0.15, -0.1) is 0 Å². The molecular formula is C18H26N2O4. The van der Waals surface area contributed by atoms with Gasteiger partial charge in [-0.1, -0.05) is 12.1 Å². The van der Waals surface area contributed by atoms with Crippen molar-refractivity contribution in [1.29, 1.82) is 0 Å². The van der Waals surface area contributed by atoms with Gasteiger partial charge in [0.15, 0.2) is 0 Å². The van der Waals surface area contributed by atoms with Gasteiger partial charge in [-0.2, -0.15) is 0 Å². The van der Waals surface area contributed by atoms with Gasteiger partial charge in [-0.25, -0.2) is 0 Å². The number of methoxy groups -OCH3 is 1. The first-order valence-corrected chi connectivity index (χ1v) is 8.51. The van der Waals surface area contributed by atoms with Crippen LogP contribution in [-0.2, 0) is 16.0 Å². The first-order chi connectivity index (χ1) is 11.6. The van der Waals surface area contributed by atoms with Crippen molar-refractivity contribution in [2.45, 2.75) is 18.4 Å². The molecule has 0 aromatic heterocycles. The molecule has 1 atom stereocenters. The summed E-state index contributed by atoms with van der Waals surface area (Å²) in [5.41, 5.74) is 0.129. The molecule has 2 fully saturated rings. The normalized spacial score (nSPS) is 25.0. The lowest BCUT2D eigenvalue weighted by atomic mass is 10.0. The van der Waals surface area contributed by atoms with Crippen LogP contribution in [0.5, 0.6) is 5.75 Å². The number of morpholine rings is 1. The number of carbonyl (C=O) groups excluding carboxylic acids is 1. The summed E-state index contributed by atoms with van der Waals surface area (Å²) in [6.45, 7) is 4.76. The van der Waals surface area contributed by atoms with Crippen molar-refractivity contribution in [3.8, 4) is 5.75 Å². The summed E-state index contributed by atoms with van der Waals surface area (Å²) >= 11 is 0. The molecule has 0 bridgehead atoms. The molecule has 1 amide bonds. The Hall–Kier alpha value is -1.63. The van der Waals surface area contributed by atoms with Crippen LogP contribution in [0.2, 0.25) is 0 Å². The van der Waals surface area contributed by atoms with E-state index in [2.05, 4.69) is 4.90 Å². The van der Waals surface area contributed by atoms with Crippen molar-refractivity contribution in [2.75, 3.05) is 53.0 Å². The Labute approximate surface area is 143 Å². The first-order valence-electron chi connectivity index (χ1n) is 8.51. The second kappa shape index (κ2) is 7.51. The van der Waals surface area contributed by atoms with E-state index < -0.39 is 5.60 Å². The smallest absolute Gasteiger partial charge is 0.227 e. The van der Waals surface area contributed by atoms with Crippen molar-refractivity contribution in [3.63, 3.8) is 0 Å². The molecule has 3 rings (SSSR count). The Bertz CT molecular complexity index is 574. The second-order valence-electron chi connectivity index (χ2n) is 6.71. The molecule has 2 aliphatic heterocycles. The third kappa shape index (κ3) is 4.26. The molecule has 1 N–H and O–H groups in total. The molecule has 2 heterocycles. The predicted molar refractivity (Wildman–Crippen MR) is 90.1 cm³/mol. The van der Waals surface area contributed by atoms with Crippen LogP contribution in [0, 0.1) is 0 Å². The minimum atomic E-state index is -0.804. The highest BCUT2D eigenvalue weighted by Gasteiger charge is 2.39. The summed E-state index contributed by atoms with van der Waals surface area (Å²) in [5.74, 6) is 0.812. The first kappa shape index (κ1) is 17.2. The molecule has 6 nitrogen and oxygen atoms in total. The molecule has 0 radical (unpaired) electrons. The highest BCUT2D eigenvalue weighted by atomic mass is 16.5. The maximum atomic E-state index is 12.5. The molecule has 0 saturated carbocycles. The van der Waals surface area contributed by atoms with E-state index in [0.29, 0.717) is 45.7 Å². The number of benzene rings is 1. The fourth-order valence-electron chi connectivity index (χ4n) is 3.44. The standard InChI is InChI=1S/C18H26N2O4/c1-23-16-4-2-3-15(11-16)12-17(21)20-6-5-18(22,14-20)13-19-7-9-24-10-8-19/h2-4,11,22H,5-10,12-14H2,1H3/t18-/m1/s1. The Kier molecular flexibility index (Phi) is 5.38. The number of rotatable bonds is 5. The molecule has 1 aromatic carbocycles. The highest BCUT2D eigenvalue weighted by Crippen LogP contribution is 2.24. The molecule has 1 aromatic rings. The Morgan fingerprint density at radius 2 is 2.12 bits per heavy atom. The van der Waals surface area contributed by atoms with Crippen molar-refractivity contribution < 1.29 is 19.4 Å². The Morgan fingerprint density at radius 1 is 1.33 bits per heavy atom. The van der Waals surface area contributed by atoms with Crippen molar-refractivity contribution in [1.82, 2.24) is 9.80 Å². The number of carbonyl (C=O) groups is 1. The van der Waals surface area contributed by atoms with Crippen LogP contribution >= 0.6 is 0 Å². The average Bonchev–Trinajstić information content (AvgIpc) is 2.98. The number of aliphatic hydroxyl groups is 1. The number of amides is 1. The number of β-amino-alcohol motifs (C(OH)–C–C–N with tert-alkyl or cyclic N) is 1. The molecule has 2 aliphatic rings. The van der Waals surface area contributed by atoms with Gasteiger partial charge in [-0.05, 0) is 24.1 Å². The maximum absolute atomic E-state index is 12.5. The van der Waals surface area contributed by atoms with Crippen LogP contribution < -0.4 is 4.74 Å². The number of hydrogen-bond donors (Lipinski definition) is 1. The molecule has 132 valence electrons. The molecule has 0 unspecified atom stereocenters. The van der Waals surface area contributed by atoms with Gasteiger partial charge in [-0.3, -0.25) is 9.69 Å². The Morgan fingerprint density at radius 3 is 2.88 bits per heavy atom. The summed E-state index contributed by atoms with van der Waals surface area (Å²) in [6.07, 6.45) is 0.971.